The Morgan fingerprint density at radius 3 is 2.30 bits per heavy atom. The minimum Gasteiger partial charge on any atom is -0.480 e. The van der Waals surface area contributed by atoms with Gasteiger partial charge in [0.25, 0.3) is 11.5 Å². The fourth-order valence-corrected chi connectivity index (χ4v) is 4.11. The first kappa shape index (κ1) is 34.8. The molecule has 0 radical (unpaired) electrons. The number of carbonyl (C=O) groups excluding carboxylic acids is 3. The SMILES string of the molecule is NOCC(=O)NCCCC[C@H](NC(=O)CC[C@H](NC(=O)c1ccc(NCc2cnc3nc(N)[nH]c(=O)c3n2)cc1)C(=O)O)C(=O)O. The van der Waals surface area contributed by atoms with Crippen LogP contribution in [0.2, 0.25) is 0 Å². The standard InChI is InChI=1S/C27H34N10O9/c28-27-36-22-21(24(41)37-27)33-16(12-32-22)11-31-15-6-4-14(5-7-15)23(40)35-18(26(44)45)8-9-19(38)34-17(25(42)43)3-1-2-10-30-20(39)13-46-29/h4-7,12,17-18,31H,1-3,8-11,13,29H2,(H,30,39)(H,34,38)(H,35,40)(H,42,43)(H,44,45)(H3,28,32,36,37,41)/t17-,18-/m0/s1. The number of carboxylic acids is 2. The molecule has 2 heterocycles. The Bertz CT molecular complexity index is 1610. The first-order valence-electron chi connectivity index (χ1n) is 14.0. The van der Waals surface area contributed by atoms with E-state index in [1.807, 2.05) is 0 Å². The van der Waals surface area contributed by atoms with Crippen LogP contribution in [0.25, 0.3) is 11.2 Å². The second kappa shape index (κ2) is 17.0. The van der Waals surface area contributed by atoms with E-state index in [0.717, 1.165) is 0 Å². The van der Waals surface area contributed by atoms with Crippen LogP contribution in [0.15, 0.2) is 35.3 Å². The van der Waals surface area contributed by atoms with Gasteiger partial charge in [0.15, 0.2) is 11.2 Å². The number of unbranched alkanes of at least 4 members (excludes halogenated alkanes) is 1. The molecule has 19 heteroatoms. The van der Waals surface area contributed by atoms with E-state index in [0.29, 0.717) is 24.2 Å². The summed E-state index contributed by atoms with van der Waals surface area (Å²) in [5.41, 5.74) is 6.30. The van der Waals surface area contributed by atoms with Crippen LogP contribution in [-0.4, -0.2) is 85.0 Å². The van der Waals surface area contributed by atoms with Gasteiger partial charge in [-0.25, -0.2) is 25.5 Å². The van der Waals surface area contributed by atoms with Crippen LogP contribution in [0.3, 0.4) is 0 Å². The molecule has 3 aromatic rings. The van der Waals surface area contributed by atoms with Gasteiger partial charge in [-0.1, -0.05) is 0 Å². The molecule has 0 saturated heterocycles. The van der Waals surface area contributed by atoms with E-state index < -0.39 is 47.3 Å². The van der Waals surface area contributed by atoms with Gasteiger partial charge >= 0.3 is 11.9 Å². The first-order valence-corrected chi connectivity index (χ1v) is 14.0. The predicted molar refractivity (Wildman–Crippen MR) is 161 cm³/mol. The molecule has 0 fully saturated rings. The minimum atomic E-state index is -1.42. The van der Waals surface area contributed by atoms with E-state index in [1.54, 1.807) is 12.1 Å². The summed E-state index contributed by atoms with van der Waals surface area (Å²) in [5, 5.41) is 29.3. The lowest BCUT2D eigenvalue weighted by Crippen LogP contribution is -2.44. The number of aromatic nitrogens is 4. The van der Waals surface area contributed by atoms with Gasteiger partial charge in [0, 0.05) is 24.2 Å². The van der Waals surface area contributed by atoms with E-state index >= 15 is 0 Å². The quantitative estimate of drug-likeness (QED) is 0.0570. The third-order valence-corrected chi connectivity index (χ3v) is 6.46. The molecule has 0 aliphatic rings. The number of carbonyl (C=O) groups is 5. The molecule has 0 bridgehead atoms. The highest BCUT2D eigenvalue weighted by Crippen LogP contribution is 2.12. The smallest absolute Gasteiger partial charge is 0.326 e. The number of nitrogens with zero attached hydrogens (tertiary/aromatic N) is 3. The molecule has 2 atom stereocenters. The minimum absolute atomic E-state index is 0.0296. The van der Waals surface area contributed by atoms with Gasteiger partial charge in [0.1, 0.15) is 18.7 Å². The molecule has 0 aliphatic carbocycles. The van der Waals surface area contributed by atoms with Crippen molar-refractivity contribution in [1.29, 1.82) is 0 Å². The second-order valence-corrected chi connectivity index (χ2v) is 9.93. The number of nitrogens with two attached hydrogens (primary N) is 2. The van der Waals surface area contributed by atoms with Crippen molar-refractivity contribution in [3.05, 3.63) is 52.1 Å². The van der Waals surface area contributed by atoms with E-state index in [-0.39, 0.29) is 61.6 Å². The normalized spacial score (nSPS) is 12.1. The Balaban J connectivity index is 1.46. The topological polar surface area (TPSA) is 307 Å². The number of fused-ring (bicyclic) bond motifs is 1. The molecule has 2 aromatic heterocycles. The van der Waals surface area contributed by atoms with Crippen LogP contribution in [0.5, 0.6) is 0 Å². The van der Waals surface area contributed by atoms with Crippen molar-refractivity contribution in [3.63, 3.8) is 0 Å². The van der Waals surface area contributed by atoms with Crippen molar-refractivity contribution in [2.45, 2.75) is 50.7 Å². The number of amides is 3. The molecular weight excluding hydrogens is 608 g/mol. The Labute approximate surface area is 260 Å². The molecular formula is C27H34N10O9. The van der Waals surface area contributed by atoms with E-state index in [2.05, 4.69) is 46.0 Å². The lowest BCUT2D eigenvalue weighted by molar-refractivity contribution is -0.142. The van der Waals surface area contributed by atoms with E-state index in [9.17, 15) is 39.0 Å². The maximum Gasteiger partial charge on any atom is 0.326 e. The number of H-pyrrole nitrogens is 1. The van der Waals surface area contributed by atoms with Crippen molar-refractivity contribution in [2.75, 3.05) is 24.2 Å². The third-order valence-electron chi connectivity index (χ3n) is 6.46. The zero-order valence-corrected chi connectivity index (χ0v) is 24.4. The summed E-state index contributed by atoms with van der Waals surface area (Å²) in [5.74, 6) is 0.277. The molecule has 0 aliphatic heterocycles. The summed E-state index contributed by atoms with van der Waals surface area (Å²) in [4.78, 5) is 90.5. The molecule has 3 rings (SSSR count). The van der Waals surface area contributed by atoms with Crippen LogP contribution < -0.4 is 38.5 Å². The van der Waals surface area contributed by atoms with Crippen LogP contribution in [0.1, 0.15) is 48.2 Å². The van der Waals surface area contributed by atoms with Gasteiger partial charge in [0.05, 0.1) is 18.4 Å². The Kier molecular flexibility index (Phi) is 12.8. The summed E-state index contributed by atoms with van der Waals surface area (Å²) in [6.45, 7) is 0.147. The van der Waals surface area contributed by atoms with Gasteiger partial charge in [-0.15, -0.1) is 0 Å². The van der Waals surface area contributed by atoms with Gasteiger partial charge < -0.3 is 37.2 Å². The van der Waals surface area contributed by atoms with Crippen LogP contribution in [0.4, 0.5) is 11.6 Å². The Morgan fingerprint density at radius 1 is 0.935 bits per heavy atom. The molecule has 0 saturated carbocycles. The number of hydrogen-bond acceptors (Lipinski definition) is 13. The number of rotatable bonds is 18. The highest BCUT2D eigenvalue weighted by atomic mass is 16.6. The lowest BCUT2D eigenvalue weighted by Gasteiger charge is -2.17. The van der Waals surface area contributed by atoms with Crippen molar-refractivity contribution >= 4 is 52.5 Å². The van der Waals surface area contributed by atoms with Crippen LogP contribution >= 0.6 is 0 Å². The van der Waals surface area contributed by atoms with Crippen molar-refractivity contribution in [3.8, 4) is 0 Å². The van der Waals surface area contributed by atoms with E-state index in [1.165, 1.54) is 18.3 Å². The number of benzene rings is 1. The fraction of sp³-hybridized carbons (Fsp3) is 0.370. The van der Waals surface area contributed by atoms with Gasteiger partial charge in [0.2, 0.25) is 17.8 Å². The van der Waals surface area contributed by atoms with Crippen molar-refractivity contribution in [2.24, 2.45) is 5.90 Å². The summed E-state index contributed by atoms with van der Waals surface area (Å²) in [6.07, 6.45) is 1.68. The van der Waals surface area contributed by atoms with Crippen LogP contribution in [-0.2, 0) is 30.6 Å². The average molecular weight is 643 g/mol. The molecule has 246 valence electrons. The van der Waals surface area contributed by atoms with Crippen molar-refractivity contribution in [1.82, 2.24) is 35.9 Å². The molecule has 46 heavy (non-hydrogen) atoms. The summed E-state index contributed by atoms with van der Waals surface area (Å²) < 4.78 is 0. The number of nitrogens with one attached hydrogen (secondary N) is 5. The zero-order chi connectivity index (χ0) is 33.6. The molecule has 0 spiro atoms. The van der Waals surface area contributed by atoms with Gasteiger partial charge in [-0.3, -0.25) is 29.0 Å². The van der Waals surface area contributed by atoms with Gasteiger partial charge in [-0.05, 0) is 49.9 Å². The maximum absolute atomic E-state index is 12.7. The number of aliphatic carboxylic acids is 2. The Morgan fingerprint density at radius 2 is 1.63 bits per heavy atom. The number of anilines is 2. The number of aromatic amines is 1. The van der Waals surface area contributed by atoms with Crippen LogP contribution in [0, 0.1) is 0 Å². The highest BCUT2D eigenvalue weighted by Gasteiger charge is 2.24. The summed E-state index contributed by atoms with van der Waals surface area (Å²) in [6, 6.07) is 3.45. The lowest BCUT2D eigenvalue weighted by atomic mass is 10.1. The number of nitrogen functional groups attached to an aromatic ring is 1. The summed E-state index contributed by atoms with van der Waals surface area (Å²) >= 11 is 0. The van der Waals surface area contributed by atoms with E-state index in [4.69, 9.17) is 11.6 Å². The largest absolute Gasteiger partial charge is 0.480 e. The monoisotopic (exact) mass is 642 g/mol. The number of carboxylic acid groups (broad SMARTS) is 2. The zero-order valence-electron chi connectivity index (χ0n) is 24.4. The molecule has 1 aromatic carbocycles. The molecule has 0 unspecified atom stereocenters. The number of hydrogen-bond donors (Lipinski definition) is 9. The molecule has 11 N–H and O–H groups in total. The van der Waals surface area contributed by atoms with Gasteiger partial charge in [-0.2, -0.15) is 4.98 Å². The first-order chi connectivity index (χ1) is 22.0. The maximum atomic E-state index is 12.7. The second-order valence-electron chi connectivity index (χ2n) is 9.93. The fourth-order valence-electron chi connectivity index (χ4n) is 4.11. The summed E-state index contributed by atoms with van der Waals surface area (Å²) in [7, 11) is 0. The average Bonchev–Trinajstić information content (AvgIpc) is 3.01. The highest BCUT2D eigenvalue weighted by molar-refractivity contribution is 5.97. The molecule has 3 amide bonds. The molecule has 19 nitrogen and oxygen atoms in total. The predicted octanol–water partition coefficient (Wildman–Crippen LogP) is -1.38. The van der Waals surface area contributed by atoms with Crippen molar-refractivity contribution < 1.29 is 39.0 Å². The Hall–Kier alpha value is -5.69. The third kappa shape index (κ3) is 10.8.